The molecule has 0 saturated heterocycles. The smallest absolute Gasteiger partial charge is 0.274 e. The fourth-order valence-electron chi connectivity index (χ4n) is 2.21. The van der Waals surface area contributed by atoms with Gasteiger partial charge in [0.15, 0.2) is 0 Å². The van der Waals surface area contributed by atoms with Crippen LogP contribution in [0, 0.1) is 17.1 Å². The van der Waals surface area contributed by atoms with Crippen LogP contribution < -0.4 is 5.43 Å². The first-order valence-electron chi connectivity index (χ1n) is 6.88. The molecule has 0 spiro atoms. The van der Waals surface area contributed by atoms with Crippen molar-refractivity contribution in [3.63, 3.8) is 0 Å². The van der Waals surface area contributed by atoms with Gasteiger partial charge in [-0.15, -0.1) is 0 Å². The number of carbonyl (C=O) groups is 1. The molecule has 0 saturated carbocycles. The van der Waals surface area contributed by atoms with Gasteiger partial charge in [-0.05, 0) is 36.4 Å². The van der Waals surface area contributed by atoms with E-state index in [0.717, 1.165) is 27.0 Å². The monoisotopic (exact) mass is 384 g/mol. The van der Waals surface area contributed by atoms with Gasteiger partial charge in [-0.3, -0.25) is 4.79 Å². The molecule has 2 aromatic carbocycles. The molecular weight excluding hydrogens is 375 g/mol. The number of benzene rings is 2. The standard InChI is InChI=1S/C17H10BrFN4O/c18-12-2-4-16-14(6-12)11(8-21-16)9-22-23-17(24)13-3-1-10(7-20)5-15(13)19/h1-6,8-9,21H,(H,23,24)/b22-9+. The summed E-state index contributed by atoms with van der Waals surface area (Å²) in [5.41, 5.74) is 3.97. The Morgan fingerprint density at radius 2 is 2.17 bits per heavy atom. The predicted molar refractivity (Wildman–Crippen MR) is 92.2 cm³/mol. The van der Waals surface area contributed by atoms with Gasteiger partial charge in [0.1, 0.15) is 5.82 Å². The van der Waals surface area contributed by atoms with Crippen molar-refractivity contribution < 1.29 is 9.18 Å². The van der Waals surface area contributed by atoms with E-state index in [0.29, 0.717) is 0 Å². The minimum absolute atomic E-state index is 0.150. The van der Waals surface area contributed by atoms with Crippen molar-refractivity contribution in [2.24, 2.45) is 5.10 Å². The van der Waals surface area contributed by atoms with Crippen LogP contribution in [0.3, 0.4) is 0 Å². The third-order valence-corrected chi connectivity index (χ3v) is 3.88. The maximum Gasteiger partial charge on any atom is 0.274 e. The topological polar surface area (TPSA) is 81.0 Å². The minimum atomic E-state index is -0.766. The van der Waals surface area contributed by atoms with Crippen molar-refractivity contribution >= 4 is 39.0 Å². The lowest BCUT2D eigenvalue weighted by atomic mass is 10.1. The van der Waals surface area contributed by atoms with Gasteiger partial charge < -0.3 is 4.98 Å². The molecule has 1 heterocycles. The number of carbonyl (C=O) groups excluding carboxylic acids is 1. The molecule has 118 valence electrons. The van der Waals surface area contributed by atoms with E-state index in [1.54, 1.807) is 6.20 Å². The third kappa shape index (κ3) is 3.19. The number of halogens is 2. The Morgan fingerprint density at radius 3 is 2.92 bits per heavy atom. The number of aromatic amines is 1. The number of aromatic nitrogens is 1. The van der Waals surface area contributed by atoms with E-state index in [1.165, 1.54) is 18.3 Å². The van der Waals surface area contributed by atoms with Crippen LogP contribution in [-0.2, 0) is 0 Å². The largest absolute Gasteiger partial charge is 0.361 e. The highest BCUT2D eigenvalue weighted by Gasteiger charge is 2.11. The second-order valence-electron chi connectivity index (χ2n) is 4.94. The molecule has 7 heteroatoms. The molecule has 5 nitrogen and oxygen atoms in total. The van der Waals surface area contributed by atoms with Crippen LogP contribution in [0.1, 0.15) is 21.5 Å². The number of rotatable bonds is 3. The maximum absolute atomic E-state index is 13.8. The van der Waals surface area contributed by atoms with E-state index >= 15 is 0 Å². The van der Waals surface area contributed by atoms with Gasteiger partial charge in [0, 0.05) is 27.1 Å². The zero-order valence-electron chi connectivity index (χ0n) is 12.2. The van der Waals surface area contributed by atoms with Crippen LogP contribution in [0.25, 0.3) is 10.9 Å². The van der Waals surface area contributed by atoms with Gasteiger partial charge in [0.25, 0.3) is 5.91 Å². The molecule has 0 radical (unpaired) electrons. The van der Waals surface area contributed by atoms with E-state index in [4.69, 9.17) is 5.26 Å². The average molecular weight is 385 g/mol. The minimum Gasteiger partial charge on any atom is -0.361 e. The van der Waals surface area contributed by atoms with Crippen LogP contribution in [0.4, 0.5) is 4.39 Å². The molecule has 0 unspecified atom stereocenters. The Morgan fingerprint density at radius 1 is 1.33 bits per heavy atom. The lowest BCUT2D eigenvalue weighted by Gasteiger charge is -2.01. The molecule has 3 rings (SSSR count). The van der Waals surface area contributed by atoms with Crippen molar-refractivity contribution in [2.45, 2.75) is 0 Å². The van der Waals surface area contributed by atoms with Gasteiger partial charge in [0.2, 0.25) is 0 Å². The van der Waals surface area contributed by atoms with E-state index in [-0.39, 0.29) is 11.1 Å². The van der Waals surface area contributed by atoms with Crippen molar-refractivity contribution in [2.75, 3.05) is 0 Å². The molecule has 1 amide bonds. The molecule has 0 atom stereocenters. The lowest BCUT2D eigenvalue weighted by Crippen LogP contribution is -2.19. The highest BCUT2D eigenvalue weighted by molar-refractivity contribution is 9.10. The molecule has 0 aliphatic rings. The molecule has 0 aliphatic heterocycles. The molecule has 2 N–H and O–H groups in total. The fraction of sp³-hybridized carbons (Fsp3) is 0. The maximum atomic E-state index is 13.8. The highest BCUT2D eigenvalue weighted by atomic mass is 79.9. The third-order valence-electron chi connectivity index (χ3n) is 3.39. The van der Waals surface area contributed by atoms with Gasteiger partial charge in [0.05, 0.1) is 23.4 Å². The second-order valence-corrected chi connectivity index (χ2v) is 5.86. The SMILES string of the molecule is N#Cc1ccc(C(=O)N/N=C/c2c[nH]c3ccc(Br)cc23)c(F)c1. The normalized spacial score (nSPS) is 10.9. The number of nitriles is 1. The number of H-pyrrole nitrogens is 1. The van der Waals surface area contributed by atoms with Gasteiger partial charge in [-0.1, -0.05) is 15.9 Å². The zero-order valence-corrected chi connectivity index (χ0v) is 13.8. The number of fused-ring (bicyclic) bond motifs is 1. The Kier molecular flexibility index (Phi) is 4.40. The van der Waals surface area contributed by atoms with Gasteiger partial charge in [-0.25, -0.2) is 9.82 Å². The molecule has 24 heavy (non-hydrogen) atoms. The van der Waals surface area contributed by atoms with Crippen LogP contribution in [-0.4, -0.2) is 17.1 Å². The van der Waals surface area contributed by atoms with Gasteiger partial charge >= 0.3 is 0 Å². The van der Waals surface area contributed by atoms with Crippen molar-refractivity contribution in [3.05, 3.63) is 69.6 Å². The van der Waals surface area contributed by atoms with E-state index in [2.05, 4.69) is 31.4 Å². The summed E-state index contributed by atoms with van der Waals surface area (Å²) in [6.07, 6.45) is 3.24. The molecule has 0 aliphatic carbocycles. The summed E-state index contributed by atoms with van der Waals surface area (Å²) in [7, 11) is 0. The summed E-state index contributed by atoms with van der Waals surface area (Å²) in [6, 6.07) is 11.2. The van der Waals surface area contributed by atoms with Crippen LogP contribution in [0.15, 0.2) is 52.2 Å². The quantitative estimate of drug-likeness (QED) is 0.533. The summed E-state index contributed by atoms with van der Waals surface area (Å²) < 4.78 is 14.7. The first-order valence-corrected chi connectivity index (χ1v) is 7.67. The molecule has 3 aromatic rings. The van der Waals surface area contributed by atoms with Crippen LogP contribution in [0.5, 0.6) is 0 Å². The molecule has 0 fully saturated rings. The van der Waals surface area contributed by atoms with E-state index < -0.39 is 11.7 Å². The Balaban J connectivity index is 1.77. The summed E-state index contributed by atoms with van der Waals surface area (Å²) in [5.74, 6) is -1.45. The zero-order chi connectivity index (χ0) is 17.1. The van der Waals surface area contributed by atoms with Crippen molar-refractivity contribution in [1.82, 2.24) is 10.4 Å². The van der Waals surface area contributed by atoms with E-state index in [1.807, 2.05) is 24.3 Å². The molecule has 0 bridgehead atoms. The average Bonchev–Trinajstić information content (AvgIpc) is 2.96. The Labute approximate surface area is 144 Å². The van der Waals surface area contributed by atoms with Crippen molar-refractivity contribution in [1.29, 1.82) is 5.26 Å². The summed E-state index contributed by atoms with van der Waals surface area (Å²) in [6.45, 7) is 0. The number of hydrazone groups is 1. The second kappa shape index (κ2) is 6.64. The molecule has 1 aromatic heterocycles. The molecular formula is C17H10BrFN4O. The summed E-state index contributed by atoms with van der Waals surface area (Å²) in [5, 5.41) is 13.5. The summed E-state index contributed by atoms with van der Waals surface area (Å²) in [4.78, 5) is 15.0. The van der Waals surface area contributed by atoms with E-state index in [9.17, 15) is 9.18 Å². The number of hydrogen-bond acceptors (Lipinski definition) is 3. The number of amides is 1. The number of nitrogens with one attached hydrogen (secondary N) is 2. The predicted octanol–water partition coefficient (Wildman–Crippen LogP) is 3.71. The summed E-state index contributed by atoms with van der Waals surface area (Å²) >= 11 is 3.40. The lowest BCUT2D eigenvalue weighted by molar-refractivity contribution is 0.0951. The van der Waals surface area contributed by atoms with Crippen LogP contribution >= 0.6 is 15.9 Å². The highest BCUT2D eigenvalue weighted by Crippen LogP contribution is 2.21. The Bertz CT molecular complexity index is 1000. The Hall–Kier alpha value is -2.98. The van der Waals surface area contributed by atoms with Crippen molar-refractivity contribution in [3.8, 4) is 6.07 Å². The van der Waals surface area contributed by atoms with Gasteiger partial charge in [-0.2, -0.15) is 10.4 Å². The van der Waals surface area contributed by atoms with Crippen LogP contribution in [0.2, 0.25) is 0 Å². The first-order chi connectivity index (χ1) is 11.6. The number of hydrogen-bond donors (Lipinski definition) is 2. The first kappa shape index (κ1) is 15.9. The number of nitrogens with zero attached hydrogens (tertiary/aromatic N) is 2. The fourth-order valence-corrected chi connectivity index (χ4v) is 2.57.